The molecule has 0 heterocycles. The number of carbonyl (C=O) groups is 2. The van der Waals surface area contributed by atoms with Crippen molar-refractivity contribution in [1.82, 2.24) is 10.2 Å². The van der Waals surface area contributed by atoms with Crippen molar-refractivity contribution in [1.29, 1.82) is 0 Å². The number of rotatable bonds is 13. The monoisotopic (exact) mass is 583 g/mol. The number of ether oxygens (including phenoxy) is 1. The second kappa shape index (κ2) is 14.1. The van der Waals surface area contributed by atoms with Crippen LogP contribution in [0, 0.1) is 12.7 Å². The van der Waals surface area contributed by atoms with Crippen molar-refractivity contribution in [3.8, 4) is 5.75 Å². The Kier molecular flexibility index (Phi) is 10.9. The lowest BCUT2D eigenvalue weighted by molar-refractivity contribution is -0.139. The van der Waals surface area contributed by atoms with Gasteiger partial charge in [-0.1, -0.05) is 31.2 Å². The Morgan fingerprint density at radius 3 is 2.17 bits per heavy atom. The number of hydrogen-bond donors (Lipinski definition) is 1. The molecule has 220 valence electrons. The van der Waals surface area contributed by atoms with Crippen LogP contribution >= 0.6 is 0 Å². The maximum Gasteiger partial charge on any atom is 0.264 e. The third-order valence-electron chi connectivity index (χ3n) is 6.89. The second-order valence-electron chi connectivity index (χ2n) is 9.83. The molecular formula is C31H38FN3O5S. The van der Waals surface area contributed by atoms with Crippen LogP contribution in [0.1, 0.15) is 45.2 Å². The van der Waals surface area contributed by atoms with Crippen LogP contribution in [0.3, 0.4) is 0 Å². The zero-order valence-corrected chi connectivity index (χ0v) is 24.9. The van der Waals surface area contributed by atoms with Crippen LogP contribution < -0.4 is 14.4 Å². The highest BCUT2D eigenvalue weighted by Crippen LogP contribution is 2.27. The Hall–Kier alpha value is -3.92. The van der Waals surface area contributed by atoms with Crippen LogP contribution in [-0.4, -0.2) is 50.4 Å². The first-order chi connectivity index (χ1) is 19.5. The minimum Gasteiger partial charge on any atom is -0.494 e. The molecule has 10 heteroatoms. The second-order valence-corrected chi connectivity index (χ2v) is 11.7. The maximum atomic E-state index is 14.0. The lowest BCUT2D eigenvalue weighted by atomic mass is 10.1. The van der Waals surface area contributed by atoms with E-state index in [2.05, 4.69) is 5.32 Å². The van der Waals surface area contributed by atoms with Crippen LogP contribution in [0.2, 0.25) is 0 Å². The largest absolute Gasteiger partial charge is 0.494 e. The highest BCUT2D eigenvalue weighted by atomic mass is 32.2. The molecule has 0 spiro atoms. The first-order valence-electron chi connectivity index (χ1n) is 13.6. The zero-order valence-electron chi connectivity index (χ0n) is 24.1. The van der Waals surface area contributed by atoms with E-state index in [1.54, 1.807) is 31.2 Å². The number of nitrogens with zero attached hydrogens (tertiary/aromatic N) is 2. The quantitative estimate of drug-likeness (QED) is 0.304. The number of benzene rings is 3. The van der Waals surface area contributed by atoms with Gasteiger partial charge in [0.25, 0.3) is 10.0 Å². The minimum atomic E-state index is -4.30. The summed E-state index contributed by atoms with van der Waals surface area (Å²) in [6.45, 7) is 9.15. The van der Waals surface area contributed by atoms with Crippen molar-refractivity contribution in [2.24, 2.45) is 0 Å². The van der Waals surface area contributed by atoms with Crippen molar-refractivity contribution in [3.05, 3.63) is 89.7 Å². The number of nitrogens with one attached hydrogen (secondary N) is 1. The fourth-order valence-electron chi connectivity index (χ4n) is 4.16. The number of sulfonamides is 1. The number of halogens is 1. The van der Waals surface area contributed by atoms with Gasteiger partial charge in [-0.05, 0) is 93.8 Å². The molecule has 2 atom stereocenters. The SMILES string of the molecule is CCOc1ccc(N(CC(=O)N(Cc2ccccc2C)[C@H](C)C(=O)N[C@H](C)CC)S(=O)(=O)c2ccc(F)cc2)cc1. The van der Waals surface area contributed by atoms with Gasteiger partial charge < -0.3 is 15.0 Å². The van der Waals surface area contributed by atoms with Crippen molar-refractivity contribution < 1.29 is 27.1 Å². The van der Waals surface area contributed by atoms with Crippen molar-refractivity contribution in [2.75, 3.05) is 17.5 Å². The predicted molar refractivity (Wildman–Crippen MR) is 158 cm³/mol. The number of anilines is 1. The molecule has 2 amide bonds. The summed E-state index contributed by atoms with van der Waals surface area (Å²) in [6, 6.07) is 17.3. The molecule has 0 aliphatic heterocycles. The van der Waals surface area contributed by atoms with Crippen molar-refractivity contribution in [2.45, 2.75) is 64.6 Å². The number of aryl methyl sites for hydroxylation is 1. The Morgan fingerprint density at radius 1 is 0.951 bits per heavy atom. The third kappa shape index (κ3) is 8.07. The van der Waals surface area contributed by atoms with Gasteiger partial charge in [-0.2, -0.15) is 0 Å². The fraction of sp³-hybridized carbons (Fsp3) is 0.355. The number of carbonyl (C=O) groups excluding carboxylic acids is 2. The molecule has 0 bridgehead atoms. The topological polar surface area (TPSA) is 96.0 Å². The number of hydrogen-bond acceptors (Lipinski definition) is 5. The average Bonchev–Trinajstić information content (AvgIpc) is 2.95. The molecule has 0 unspecified atom stereocenters. The summed E-state index contributed by atoms with van der Waals surface area (Å²) < 4.78 is 47.8. The lowest BCUT2D eigenvalue weighted by Crippen LogP contribution is -2.52. The first-order valence-corrected chi connectivity index (χ1v) is 15.1. The van der Waals surface area contributed by atoms with Crippen LogP contribution in [0.5, 0.6) is 5.75 Å². The van der Waals surface area contributed by atoms with Crippen LogP contribution in [0.15, 0.2) is 77.7 Å². The van der Waals surface area contributed by atoms with E-state index in [0.717, 1.165) is 39.7 Å². The minimum absolute atomic E-state index is 0.0976. The van der Waals surface area contributed by atoms with E-state index < -0.39 is 34.3 Å². The summed E-state index contributed by atoms with van der Waals surface area (Å²) in [7, 11) is -4.30. The van der Waals surface area contributed by atoms with E-state index in [9.17, 15) is 22.4 Å². The molecule has 0 radical (unpaired) electrons. The van der Waals surface area contributed by atoms with Gasteiger partial charge in [-0.15, -0.1) is 0 Å². The molecule has 3 aromatic rings. The molecule has 0 fully saturated rings. The van der Waals surface area contributed by atoms with E-state index in [0.29, 0.717) is 18.8 Å². The Labute approximate surface area is 242 Å². The molecule has 3 rings (SSSR count). The van der Waals surface area contributed by atoms with Crippen LogP contribution in [0.4, 0.5) is 10.1 Å². The molecule has 1 N–H and O–H groups in total. The molecule has 8 nitrogen and oxygen atoms in total. The molecule has 0 saturated heterocycles. The summed E-state index contributed by atoms with van der Waals surface area (Å²) in [5.41, 5.74) is 1.99. The van der Waals surface area contributed by atoms with Gasteiger partial charge in [-0.25, -0.2) is 12.8 Å². The Balaban J connectivity index is 2.04. The van der Waals surface area contributed by atoms with Crippen molar-refractivity contribution >= 4 is 27.5 Å². The van der Waals surface area contributed by atoms with E-state index in [1.165, 1.54) is 4.90 Å². The molecule has 0 aliphatic rings. The standard InChI is InChI=1S/C31H38FN3O5S/c1-6-23(4)33-31(37)24(5)34(20-25-11-9-8-10-22(25)3)30(36)21-35(27-14-16-28(17-15-27)40-7-2)41(38,39)29-18-12-26(32)13-19-29/h8-19,23-24H,6-7,20-21H2,1-5H3,(H,33,37)/t23-,24-/m1/s1. The summed E-state index contributed by atoms with van der Waals surface area (Å²) in [5.74, 6) is -0.952. The maximum absolute atomic E-state index is 14.0. The smallest absolute Gasteiger partial charge is 0.264 e. The molecule has 0 aliphatic carbocycles. The lowest BCUT2D eigenvalue weighted by Gasteiger charge is -2.32. The summed E-state index contributed by atoms with van der Waals surface area (Å²) >= 11 is 0. The van der Waals surface area contributed by atoms with Crippen molar-refractivity contribution in [3.63, 3.8) is 0 Å². The van der Waals surface area contributed by atoms with Crippen LogP contribution in [0.25, 0.3) is 0 Å². The third-order valence-corrected chi connectivity index (χ3v) is 8.67. The van der Waals surface area contributed by atoms with Gasteiger partial charge in [0.1, 0.15) is 24.2 Å². The normalized spacial score (nSPS) is 12.7. The average molecular weight is 584 g/mol. The van der Waals surface area contributed by atoms with Gasteiger partial charge in [0.2, 0.25) is 11.8 Å². The first kappa shape index (κ1) is 31.6. The molecular weight excluding hydrogens is 545 g/mol. The number of amides is 2. The van der Waals surface area contributed by atoms with Gasteiger partial charge in [0.15, 0.2) is 0 Å². The van der Waals surface area contributed by atoms with E-state index >= 15 is 0 Å². The van der Waals surface area contributed by atoms with E-state index in [-0.39, 0.29) is 29.1 Å². The Morgan fingerprint density at radius 2 is 1.59 bits per heavy atom. The molecule has 0 aromatic heterocycles. The zero-order chi connectivity index (χ0) is 30.2. The van der Waals surface area contributed by atoms with E-state index in [1.807, 2.05) is 52.0 Å². The molecule has 41 heavy (non-hydrogen) atoms. The summed E-state index contributed by atoms with van der Waals surface area (Å²) in [6.07, 6.45) is 0.714. The Bertz CT molecular complexity index is 1430. The molecule has 0 saturated carbocycles. The highest BCUT2D eigenvalue weighted by molar-refractivity contribution is 7.92. The van der Waals surface area contributed by atoms with Gasteiger partial charge in [0, 0.05) is 12.6 Å². The summed E-state index contributed by atoms with van der Waals surface area (Å²) in [4.78, 5) is 28.4. The molecule has 3 aromatic carbocycles. The summed E-state index contributed by atoms with van der Waals surface area (Å²) in [5, 5.41) is 2.92. The van der Waals surface area contributed by atoms with E-state index in [4.69, 9.17) is 4.74 Å². The highest BCUT2D eigenvalue weighted by Gasteiger charge is 2.33. The van der Waals surface area contributed by atoms with Gasteiger partial charge in [0.05, 0.1) is 17.2 Å². The predicted octanol–water partition coefficient (Wildman–Crippen LogP) is 5.06. The van der Waals surface area contributed by atoms with Gasteiger partial charge in [-0.3, -0.25) is 13.9 Å². The van der Waals surface area contributed by atoms with Gasteiger partial charge >= 0.3 is 0 Å². The van der Waals surface area contributed by atoms with Crippen LogP contribution in [-0.2, 0) is 26.2 Å². The fourth-order valence-corrected chi connectivity index (χ4v) is 5.57.